The number of ether oxygens (including phenoxy) is 2. The first kappa shape index (κ1) is 23.1. The smallest absolute Gasteiger partial charge is 0.487 e. The van der Waals surface area contributed by atoms with Gasteiger partial charge in [0.15, 0.2) is 16.5 Å². The lowest BCUT2D eigenvalue weighted by molar-refractivity contribution is -0.189. The third-order valence-corrected chi connectivity index (χ3v) is 5.85. The maximum absolute atomic E-state index is 12.9. The minimum Gasteiger partial charge on any atom is -0.487 e. The van der Waals surface area contributed by atoms with Gasteiger partial charge < -0.3 is 14.0 Å². The van der Waals surface area contributed by atoms with Gasteiger partial charge in [-0.25, -0.2) is 13.2 Å². The van der Waals surface area contributed by atoms with Gasteiger partial charge in [-0.15, -0.1) is 0 Å². The SMILES string of the molecule is O=C(Oc1cn(C[SH](=O)=O)c2c(OCc3ccccc3)ccc(CN3CCC3)c12)C(F)(F)F. The van der Waals surface area contributed by atoms with Crippen molar-refractivity contribution in [2.24, 2.45) is 0 Å². The maximum Gasteiger partial charge on any atom is 0.491 e. The Labute approximate surface area is 189 Å². The highest BCUT2D eigenvalue weighted by Gasteiger charge is 2.42. The van der Waals surface area contributed by atoms with E-state index in [0.29, 0.717) is 12.1 Å². The van der Waals surface area contributed by atoms with Crippen LogP contribution in [-0.4, -0.2) is 43.1 Å². The normalized spacial score (nSPS) is 14.4. The minimum atomic E-state index is -5.20. The highest BCUT2D eigenvalue weighted by molar-refractivity contribution is 7.71. The van der Waals surface area contributed by atoms with Gasteiger partial charge in [0, 0.05) is 12.7 Å². The van der Waals surface area contributed by atoms with Gasteiger partial charge in [-0.05, 0) is 36.7 Å². The van der Waals surface area contributed by atoms with Crippen molar-refractivity contribution in [1.29, 1.82) is 0 Å². The van der Waals surface area contributed by atoms with Gasteiger partial charge >= 0.3 is 12.1 Å². The molecule has 0 bridgehead atoms. The minimum absolute atomic E-state index is 0.160. The molecular formula is C22H21F3N2O5S. The summed E-state index contributed by atoms with van der Waals surface area (Å²) in [5.74, 6) is -2.97. The number of hydrogen-bond donors (Lipinski definition) is 1. The first-order chi connectivity index (χ1) is 15.7. The molecule has 0 atom stereocenters. The van der Waals surface area contributed by atoms with Gasteiger partial charge in [0.1, 0.15) is 18.2 Å². The van der Waals surface area contributed by atoms with Crippen LogP contribution in [0.25, 0.3) is 10.9 Å². The average Bonchev–Trinajstić information content (AvgIpc) is 3.07. The summed E-state index contributed by atoms with van der Waals surface area (Å²) in [5.41, 5.74) is 1.72. The van der Waals surface area contributed by atoms with E-state index < -0.39 is 28.7 Å². The summed E-state index contributed by atoms with van der Waals surface area (Å²) in [6, 6.07) is 12.6. The van der Waals surface area contributed by atoms with Gasteiger partial charge in [0.05, 0.1) is 10.9 Å². The molecule has 0 aliphatic carbocycles. The number of alkyl halides is 3. The monoisotopic (exact) mass is 482 g/mol. The summed E-state index contributed by atoms with van der Waals surface area (Å²) >= 11 is 0. The van der Waals surface area contributed by atoms with Crippen LogP contribution in [0.3, 0.4) is 0 Å². The molecule has 4 rings (SSSR count). The quantitative estimate of drug-likeness (QED) is 0.392. The van der Waals surface area contributed by atoms with Crippen molar-refractivity contribution in [3.63, 3.8) is 0 Å². The Morgan fingerprint density at radius 1 is 1.03 bits per heavy atom. The van der Waals surface area contributed by atoms with Crippen molar-refractivity contribution in [1.82, 2.24) is 9.47 Å². The van der Waals surface area contributed by atoms with Crippen molar-refractivity contribution in [3.05, 3.63) is 59.8 Å². The lowest BCUT2D eigenvalue weighted by Gasteiger charge is -2.31. The molecule has 7 nitrogen and oxygen atoms in total. The second kappa shape index (κ2) is 9.44. The molecular weight excluding hydrogens is 461 g/mol. The second-order valence-corrected chi connectivity index (χ2v) is 8.62. The molecule has 176 valence electrons. The molecule has 3 aromatic rings. The number of aromatic nitrogens is 1. The van der Waals surface area contributed by atoms with Crippen molar-refractivity contribution >= 4 is 27.6 Å². The zero-order valence-electron chi connectivity index (χ0n) is 17.4. The van der Waals surface area contributed by atoms with Crippen molar-refractivity contribution in [3.8, 4) is 11.5 Å². The van der Waals surface area contributed by atoms with Crippen LogP contribution >= 0.6 is 0 Å². The molecule has 0 saturated carbocycles. The zero-order chi connectivity index (χ0) is 23.6. The van der Waals surface area contributed by atoms with E-state index >= 15 is 0 Å². The fraction of sp³-hybridized carbons (Fsp3) is 0.318. The van der Waals surface area contributed by atoms with Crippen LogP contribution in [0.2, 0.25) is 0 Å². The first-order valence-corrected chi connectivity index (χ1v) is 11.5. The Morgan fingerprint density at radius 3 is 2.36 bits per heavy atom. The van der Waals surface area contributed by atoms with Crippen molar-refractivity contribution in [2.45, 2.75) is 31.6 Å². The number of esters is 1. The van der Waals surface area contributed by atoms with Gasteiger partial charge in [0.2, 0.25) is 0 Å². The van der Waals surface area contributed by atoms with E-state index in [0.717, 1.165) is 31.3 Å². The summed E-state index contributed by atoms with van der Waals surface area (Å²) in [6.45, 7) is 2.24. The Morgan fingerprint density at radius 2 is 1.76 bits per heavy atom. The van der Waals surface area contributed by atoms with Crippen LogP contribution in [0.5, 0.6) is 11.5 Å². The molecule has 0 radical (unpaired) electrons. The third kappa shape index (κ3) is 5.31. The number of thiol groups is 1. The van der Waals surface area contributed by atoms with Crippen LogP contribution < -0.4 is 9.47 Å². The molecule has 1 aliphatic rings. The molecule has 33 heavy (non-hydrogen) atoms. The highest BCUT2D eigenvalue weighted by Crippen LogP contribution is 2.39. The number of fused-ring (bicyclic) bond motifs is 1. The van der Waals surface area contributed by atoms with E-state index in [1.54, 1.807) is 12.1 Å². The van der Waals surface area contributed by atoms with E-state index in [1.807, 2.05) is 30.3 Å². The van der Waals surface area contributed by atoms with E-state index in [2.05, 4.69) is 4.90 Å². The molecule has 11 heteroatoms. The molecule has 0 amide bonds. The van der Waals surface area contributed by atoms with Crippen molar-refractivity contribution < 1.29 is 35.9 Å². The van der Waals surface area contributed by atoms with Gasteiger partial charge in [0.25, 0.3) is 0 Å². The van der Waals surface area contributed by atoms with E-state index in [9.17, 15) is 26.4 Å². The van der Waals surface area contributed by atoms with Crippen LogP contribution in [0.1, 0.15) is 17.5 Å². The maximum atomic E-state index is 12.9. The lowest BCUT2D eigenvalue weighted by atomic mass is 10.1. The highest BCUT2D eigenvalue weighted by atomic mass is 32.2. The number of benzene rings is 2. The molecule has 1 aromatic heterocycles. The summed E-state index contributed by atoms with van der Waals surface area (Å²) < 4.78 is 73.5. The van der Waals surface area contributed by atoms with Crippen LogP contribution in [0.15, 0.2) is 48.7 Å². The zero-order valence-corrected chi connectivity index (χ0v) is 18.3. The summed E-state index contributed by atoms with van der Waals surface area (Å²) in [7, 11) is -2.93. The van der Waals surface area contributed by atoms with E-state index in [-0.39, 0.29) is 29.0 Å². The van der Waals surface area contributed by atoms with Gasteiger partial charge in [-0.3, -0.25) is 4.90 Å². The number of hydrogen-bond acceptors (Lipinski definition) is 6. The Bertz CT molecular complexity index is 1230. The number of rotatable bonds is 8. The van der Waals surface area contributed by atoms with Crippen LogP contribution in [0, 0.1) is 0 Å². The predicted octanol–water partition coefficient (Wildman–Crippen LogP) is 3.46. The summed E-state index contributed by atoms with van der Waals surface area (Å²) in [5, 5.41) is 0.224. The lowest BCUT2D eigenvalue weighted by Crippen LogP contribution is -2.36. The number of carbonyl (C=O) groups is 1. The van der Waals surface area contributed by atoms with Crippen LogP contribution in [-0.2, 0) is 34.5 Å². The fourth-order valence-electron chi connectivity index (χ4n) is 3.68. The molecule has 1 saturated heterocycles. The first-order valence-electron chi connectivity index (χ1n) is 10.2. The van der Waals surface area contributed by atoms with Gasteiger partial charge in [-0.1, -0.05) is 36.4 Å². The number of nitrogens with zero attached hydrogens (tertiary/aromatic N) is 2. The molecule has 1 fully saturated rings. The number of halogens is 3. The van der Waals surface area contributed by atoms with E-state index in [1.165, 1.54) is 4.57 Å². The summed E-state index contributed by atoms with van der Waals surface area (Å²) in [6.07, 6.45) is -3.08. The fourth-order valence-corrected chi connectivity index (χ4v) is 4.15. The Balaban J connectivity index is 1.81. The topological polar surface area (TPSA) is 77.8 Å². The van der Waals surface area contributed by atoms with E-state index in [4.69, 9.17) is 9.47 Å². The molecule has 0 unspecified atom stereocenters. The van der Waals surface area contributed by atoms with Gasteiger partial charge in [-0.2, -0.15) is 13.2 Å². The van der Waals surface area contributed by atoms with Crippen LogP contribution in [0.4, 0.5) is 13.2 Å². The Hall–Kier alpha value is -3.05. The largest absolute Gasteiger partial charge is 0.491 e. The summed E-state index contributed by atoms with van der Waals surface area (Å²) in [4.78, 5) is 13.7. The predicted molar refractivity (Wildman–Crippen MR) is 115 cm³/mol. The second-order valence-electron chi connectivity index (χ2n) is 7.67. The molecule has 2 heterocycles. The third-order valence-electron chi connectivity index (χ3n) is 5.32. The molecule has 2 aromatic carbocycles. The molecule has 1 aliphatic heterocycles. The average molecular weight is 482 g/mol. The number of carbonyl (C=O) groups excluding carboxylic acids is 1. The molecule has 0 spiro atoms. The Kier molecular flexibility index (Phi) is 6.61. The molecule has 0 N–H and O–H groups in total. The van der Waals surface area contributed by atoms with Crippen molar-refractivity contribution in [2.75, 3.05) is 13.1 Å². The standard InChI is InChI=1S/C22H21F3N2O5S/c23-22(24,25)21(28)32-18-12-27(14-33(29)30)20-17(31-13-15-5-2-1-3-6-15)8-7-16(19(18)20)11-26-9-4-10-26/h1-3,5-8,12,33H,4,9-11,13-14H2. The number of likely N-dealkylation sites (tertiary alicyclic amines) is 1.